The molecule has 1 aliphatic heterocycles. The molecule has 1 aliphatic rings. The largest absolute Gasteiger partial charge is 0.480 e. The van der Waals surface area contributed by atoms with Gasteiger partial charge in [-0.05, 0) is 30.7 Å². The number of aliphatic carboxylic acids is 1. The number of aliphatic hydroxyl groups excluding tert-OH is 1. The lowest BCUT2D eigenvalue weighted by Crippen LogP contribution is -2.59. The van der Waals surface area contributed by atoms with Gasteiger partial charge in [-0.3, -0.25) is 14.4 Å². The van der Waals surface area contributed by atoms with Gasteiger partial charge in [0.15, 0.2) is 0 Å². The highest BCUT2D eigenvalue weighted by atomic mass is 16.4. The summed E-state index contributed by atoms with van der Waals surface area (Å²) in [4.78, 5) is 50.8. The number of carboxylic acid groups (broad SMARTS) is 1. The van der Waals surface area contributed by atoms with Crippen LogP contribution in [0.5, 0.6) is 0 Å². The Hall–Kier alpha value is -2.98. The van der Waals surface area contributed by atoms with Crippen LogP contribution < -0.4 is 16.4 Å². The zero-order chi connectivity index (χ0) is 23.8. The number of hydrogen-bond donors (Lipinski definition) is 5. The Bertz CT molecular complexity index is 816. The minimum absolute atomic E-state index is 0.255. The molecule has 4 atom stereocenters. The number of aliphatic hydroxyl groups is 1. The summed E-state index contributed by atoms with van der Waals surface area (Å²) < 4.78 is 0. The highest BCUT2D eigenvalue weighted by molar-refractivity contribution is 5.94. The maximum atomic E-state index is 13.0. The zero-order valence-corrected chi connectivity index (χ0v) is 18.4. The van der Waals surface area contributed by atoms with Crippen LogP contribution in [0.4, 0.5) is 0 Å². The minimum Gasteiger partial charge on any atom is -0.480 e. The van der Waals surface area contributed by atoms with Gasteiger partial charge in [0.1, 0.15) is 18.1 Å². The van der Waals surface area contributed by atoms with Crippen molar-refractivity contribution in [1.82, 2.24) is 15.5 Å². The van der Waals surface area contributed by atoms with Crippen LogP contribution in [0.1, 0.15) is 32.3 Å². The summed E-state index contributed by atoms with van der Waals surface area (Å²) in [5.74, 6) is -3.27. The number of amides is 3. The molecule has 0 bridgehead atoms. The molecule has 176 valence electrons. The number of nitrogens with zero attached hydrogens (tertiary/aromatic N) is 1. The van der Waals surface area contributed by atoms with Crippen molar-refractivity contribution in [3.05, 3.63) is 35.9 Å². The van der Waals surface area contributed by atoms with Crippen LogP contribution in [0, 0.1) is 5.92 Å². The topological polar surface area (TPSA) is 162 Å². The second-order valence-corrected chi connectivity index (χ2v) is 8.30. The van der Waals surface area contributed by atoms with Gasteiger partial charge < -0.3 is 31.5 Å². The smallest absolute Gasteiger partial charge is 0.326 e. The van der Waals surface area contributed by atoms with E-state index in [1.807, 2.05) is 30.3 Å². The summed E-state index contributed by atoms with van der Waals surface area (Å²) >= 11 is 0. The van der Waals surface area contributed by atoms with E-state index < -0.39 is 54.5 Å². The van der Waals surface area contributed by atoms with E-state index in [9.17, 15) is 29.4 Å². The molecule has 0 radical (unpaired) electrons. The number of carbonyl (C=O) groups is 4. The van der Waals surface area contributed by atoms with Gasteiger partial charge in [0, 0.05) is 6.54 Å². The lowest BCUT2D eigenvalue weighted by Gasteiger charge is -2.30. The van der Waals surface area contributed by atoms with Crippen molar-refractivity contribution in [1.29, 1.82) is 0 Å². The third-order valence-electron chi connectivity index (χ3n) is 5.50. The first-order chi connectivity index (χ1) is 15.1. The zero-order valence-electron chi connectivity index (χ0n) is 18.4. The van der Waals surface area contributed by atoms with Crippen LogP contribution in [0.25, 0.3) is 0 Å². The Labute approximate surface area is 187 Å². The number of carboxylic acids is 1. The van der Waals surface area contributed by atoms with Crippen LogP contribution in [-0.4, -0.2) is 76.1 Å². The minimum atomic E-state index is -1.30. The average molecular weight is 449 g/mol. The number of hydrogen-bond acceptors (Lipinski definition) is 6. The SMILES string of the molecule is CC(C)C(NC(=O)C(CO)NC(=O)C(N)Cc1ccccc1)C(=O)N1CCCC1C(=O)O. The van der Waals surface area contributed by atoms with Crippen LogP contribution >= 0.6 is 0 Å². The van der Waals surface area contributed by atoms with Crippen LogP contribution in [0.15, 0.2) is 30.3 Å². The summed E-state index contributed by atoms with van der Waals surface area (Å²) in [6.07, 6.45) is 1.18. The first kappa shape index (κ1) is 25.3. The van der Waals surface area contributed by atoms with E-state index in [4.69, 9.17) is 5.73 Å². The van der Waals surface area contributed by atoms with Crippen LogP contribution in [-0.2, 0) is 25.6 Å². The molecule has 3 amide bonds. The molecule has 0 aromatic heterocycles. The molecule has 32 heavy (non-hydrogen) atoms. The van der Waals surface area contributed by atoms with Gasteiger partial charge in [0.05, 0.1) is 12.6 Å². The van der Waals surface area contributed by atoms with Gasteiger partial charge in [0.2, 0.25) is 17.7 Å². The third-order valence-corrected chi connectivity index (χ3v) is 5.50. The molecule has 2 rings (SSSR count). The molecule has 4 unspecified atom stereocenters. The van der Waals surface area contributed by atoms with E-state index in [1.54, 1.807) is 13.8 Å². The van der Waals surface area contributed by atoms with Gasteiger partial charge in [-0.15, -0.1) is 0 Å². The number of likely N-dealkylation sites (tertiary alicyclic amines) is 1. The molecule has 0 spiro atoms. The van der Waals surface area contributed by atoms with Gasteiger partial charge >= 0.3 is 5.97 Å². The molecule has 1 saturated heterocycles. The molecule has 1 heterocycles. The van der Waals surface area contributed by atoms with Crippen molar-refractivity contribution in [2.75, 3.05) is 13.2 Å². The molecule has 10 heteroatoms. The molecular formula is C22H32N4O6. The van der Waals surface area contributed by atoms with Gasteiger partial charge in [-0.2, -0.15) is 0 Å². The number of benzene rings is 1. The molecule has 0 saturated carbocycles. The fourth-order valence-corrected chi connectivity index (χ4v) is 3.67. The number of nitrogens with two attached hydrogens (primary N) is 1. The summed E-state index contributed by atoms with van der Waals surface area (Å²) in [7, 11) is 0. The lowest BCUT2D eigenvalue weighted by molar-refractivity contribution is -0.150. The molecule has 1 fully saturated rings. The van der Waals surface area contributed by atoms with E-state index in [0.29, 0.717) is 19.4 Å². The first-order valence-corrected chi connectivity index (χ1v) is 10.7. The summed E-state index contributed by atoms with van der Waals surface area (Å²) in [5.41, 5.74) is 6.79. The maximum Gasteiger partial charge on any atom is 0.326 e. The fourth-order valence-electron chi connectivity index (χ4n) is 3.67. The van der Waals surface area contributed by atoms with Crippen molar-refractivity contribution in [3.8, 4) is 0 Å². The maximum absolute atomic E-state index is 13.0. The van der Waals surface area contributed by atoms with Crippen molar-refractivity contribution in [3.63, 3.8) is 0 Å². The second-order valence-electron chi connectivity index (χ2n) is 8.30. The molecular weight excluding hydrogens is 416 g/mol. The van der Waals surface area contributed by atoms with Crippen LogP contribution in [0.3, 0.4) is 0 Å². The summed E-state index contributed by atoms with van der Waals surface area (Å²) in [6, 6.07) is 4.99. The third kappa shape index (κ3) is 6.51. The Morgan fingerprint density at radius 3 is 2.34 bits per heavy atom. The number of carbonyl (C=O) groups excluding carboxylic acids is 3. The predicted octanol–water partition coefficient (Wildman–Crippen LogP) is -0.750. The Kier molecular flexibility index (Phi) is 9.15. The summed E-state index contributed by atoms with van der Waals surface area (Å²) in [5, 5.41) is 24.0. The quantitative estimate of drug-likeness (QED) is 0.314. The van der Waals surface area contributed by atoms with Gasteiger partial charge in [0.25, 0.3) is 0 Å². The summed E-state index contributed by atoms with van der Waals surface area (Å²) in [6.45, 7) is 3.05. The van der Waals surface area contributed by atoms with Crippen molar-refractivity contribution < 1.29 is 29.4 Å². The fraction of sp³-hybridized carbons (Fsp3) is 0.545. The highest BCUT2D eigenvalue weighted by Crippen LogP contribution is 2.20. The Morgan fingerprint density at radius 1 is 1.12 bits per heavy atom. The second kappa shape index (κ2) is 11.6. The number of rotatable bonds is 10. The lowest BCUT2D eigenvalue weighted by atomic mass is 10.0. The molecule has 1 aromatic carbocycles. The first-order valence-electron chi connectivity index (χ1n) is 10.7. The van der Waals surface area contributed by atoms with Gasteiger partial charge in [-0.1, -0.05) is 44.2 Å². The standard InChI is InChI=1S/C22H32N4O6/c1-13(2)18(21(30)26-10-6-9-17(26)22(31)32)25-20(29)16(12-27)24-19(28)15(23)11-14-7-4-3-5-8-14/h3-5,7-8,13,15-18,27H,6,9-12,23H2,1-2H3,(H,24,28)(H,25,29)(H,31,32). The average Bonchev–Trinajstić information content (AvgIpc) is 3.25. The van der Waals surface area contributed by atoms with Crippen molar-refractivity contribution in [2.45, 2.75) is 57.3 Å². The molecule has 0 aliphatic carbocycles. The molecule has 10 nitrogen and oxygen atoms in total. The van der Waals surface area contributed by atoms with E-state index in [2.05, 4.69) is 10.6 Å². The molecule has 6 N–H and O–H groups in total. The molecule has 1 aromatic rings. The van der Waals surface area contributed by atoms with E-state index in [1.165, 1.54) is 4.90 Å². The van der Waals surface area contributed by atoms with E-state index in [-0.39, 0.29) is 12.3 Å². The van der Waals surface area contributed by atoms with Crippen molar-refractivity contribution >= 4 is 23.7 Å². The predicted molar refractivity (Wildman–Crippen MR) is 116 cm³/mol. The van der Waals surface area contributed by atoms with E-state index >= 15 is 0 Å². The van der Waals surface area contributed by atoms with Crippen molar-refractivity contribution in [2.24, 2.45) is 11.7 Å². The van der Waals surface area contributed by atoms with E-state index in [0.717, 1.165) is 5.56 Å². The normalized spacial score (nSPS) is 18.7. The van der Waals surface area contributed by atoms with Crippen LogP contribution in [0.2, 0.25) is 0 Å². The monoisotopic (exact) mass is 448 g/mol. The number of nitrogens with one attached hydrogen (secondary N) is 2. The highest BCUT2D eigenvalue weighted by Gasteiger charge is 2.39. The van der Waals surface area contributed by atoms with Gasteiger partial charge in [-0.25, -0.2) is 4.79 Å². The Morgan fingerprint density at radius 2 is 1.78 bits per heavy atom. The Balaban J connectivity index is 2.01.